The topological polar surface area (TPSA) is 257 Å². The molecule has 10 rings (SSSR count). The molecule has 4 aliphatic rings. The number of aryl methyl sites for hydroxylation is 1. The maximum absolute atomic E-state index is 15.4. The number of nitrogens with one attached hydrogen (secondary N) is 6. The fourth-order valence-electron chi connectivity index (χ4n) is 11.0. The zero-order valence-corrected chi connectivity index (χ0v) is 42.4. The highest BCUT2D eigenvalue weighted by molar-refractivity contribution is 5.94. The van der Waals surface area contributed by atoms with Gasteiger partial charge < -0.3 is 55.8 Å². The molecule has 0 unspecified atom stereocenters. The maximum atomic E-state index is 15.4. The quantitative estimate of drug-likeness (QED) is 0.0347. The van der Waals surface area contributed by atoms with Crippen LogP contribution in [0.15, 0.2) is 95.8 Å². The normalized spacial score (nSPS) is 16.9. The molecule has 19 nitrogen and oxygen atoms in total. The number of carbonyl (C=O) groups is 6. The van der Waals surface area contributed by atoms with Gasteiger partial charge in [-0.3, -0.25) is 24.0 Å². The number of hydrogen-bond donors (Lipinski definition) is 7. The summed E-state index contributed by atoms with van der Waals surface area (Å²) < 4.78 is 33.4. The largest absolute Gasteiger partial charge is 0.458 e. The van der Waals surface area contributed by atoms with Gasteiger partial charge in [0, 0.05) is 47.5 Å². The lowest BCUT2D eigenvalue weighted by Crippen LogP contribution is -2.52. The highest BCUT2D eigenvalue weighted by Crippen LogP contribution is 2.47. The summed E-state index contributed by atoms with van der Waals surface area (Å²) in [6, 6.07) is 26.4. The molecule has 0 fully saturated rings. The number of hydrogen-bond acceptors (Lipinski definition) is 13. The van der Waals surface area contributed by atoms with Crippen LogP contribution in [0, 0.1) is 12.7 Å². The Kier molecular flexibility index (Phi) is 15.0. The summed E-state index contributed by atoms with van der Waals surface area (Å²) in [7, 11) is 0. The number of ether oxygens (including phenoxy) is 3. The number of rotatable bonds is 19. The number of benzene rings is 4. The van der Waals surface area contributed by atoms with Crippen LogP contribution in [0.2, 0.25) is 0 Å². The first-order valence-corrected chi connectivity index (χ1v) is 25.6. The molecular weight excluding hydrogens is 992 g/mol. The Morgan fingerprint density at radius 3 is 2.29 bits per heavy atom. The Labute approximate surface area is 441 Å². The molecule has 5 amide bonds. The van der Waals surface area contributed by atoms with E-state index in [1.807, 2.05) is 48.5 Å². The third-order valence-corrected chi connectivity index (χ3v) is 14.9. The van der Waals surface area contributed by atoms with Gasteiger partial charge in [0.25, 0.3) is 5.56 Å². The van der Waals surface area contributed by atoms with Crippen molar-refractivity contribution in [1.82, 2.24) is 41.5 Å². The number of nitrogens with zero attached hydrogens (tertiary/aromatic N) is 2. The van der Waals surface area contributed by atoms with E-state index in [2.05, 4.69) is 31.9 Å². The Morgan fingerprint density at radius 1 is 0.857 bits per heavy atom. The van der Waals surface area contributed by atoms with Crippen LogP contribution in [0.25, 0.3) is 33.4 Å². The van der Waals surface area contributed by atoms with Gasteiger partial charge in [0.1, 0.15) is 38.3 Å². The third-order valence-electron chi connectivity index (χ3n) is 14.9. The summed E-state index contributed by atoms with van der Waals surface area (Å²) in [4.78, 5) is 96.3. The Morgan fingerprint density at radius 2 is 1.55 bits per heavy atom. The summed E-state index contributed by atoms with van der Waals surface area (Å²) in [6.07, 6.45) is 0.443. The third kappa shape index (κ3) is 10.4. The molecule has 0 spiro atoms. The second-order valence-corrected chi connectivity index (χ2v) is 19.5. The first kappa shape index (κ1) is 52.1. The van der Waals surface area contributed by atoms with Gasteiger partial charge in [-0.05, 0) is 76.8 Å². The van der Waals surface area contributed by atoms with Gasteiger partial charge in [-0.2, -0.15) is 0 Å². The van der Waals surface area contributed by atoms with Crippen molar-refractivity contribution in [1.29, 1.82) is 0 Å². The van der Waals surface area contributed by atoms with Crippen molar-refractivity contribution in [2.75, 3.05) is 46.1 Å². The van der Waals surface area contributed by atoms with Crippen molar-refractivity contribution in [2.45, 2.75) is 76.3 Å². The van der Waals surface area contributed by atoms with E-state index >= 15 is 4.39 Å². The number of aromatic nitrogens is 2. The van der Waals surface area contributed by atoms with E-state index in [1.165, 1.54) is 6.07 Å². The van der Waals surface area contributed by atoms with Crippen molar-refractivity contribution in [3.05, 3.63) is 157 Å². The molecule has 3 atom stereocenters. The number of halogens is 1. The minimum atomic E-state index is -2.00. The molecule has 6 aromatic rings. The van der Waals surface area contributed by atoms with E-state index in [-0.39, 0.29) is 69.0 Å². The number of aliphatic hydroxyl groups is 1. The minimum absolute atomic E-state index is 0.00707. The smallest absolute Gasteiger partial charge is 0.407 e. The summed E-state index contributed by atoms with van der Waals surface area (Å²) in [5.74, 6) is -3.93. The average molecular weight is 1050 g/mol. The molecule has 2 aliphatic heterocycles. The van der Waals surface area contributed by atoms with Crippen molar-refractivity contribution in [3.63, 3.8) is 0 Å². The molecule has 0 saturated heterocycles. The highest BCUT2D eigenvalue weighted by Gasteiger charge is 2.46. The van der Waals surface area contributed by atoms with Crippen LogP contribution >= 0.6 is 0 Å². The number of carbonyl (C=O) groups excluding carboxylic acids is 6. The molecule has 0 radical (unpaired) electrons. The molecule has 4 aromatic carbocycles. The van der Waals surface area contributed by atoms with Crippen molar-refractivity contribution in [3.8, 4) is 22.5 Å². The lowest BCUT2D eigenvalue weighted by atomic mass is 9.81. The average Bonchev–Trinajstić information content (AvgIpc) is 4.19. The predicted molar refractivity (Wildman–Crippen MR) is 278 cm³/mol. The Balaban J connectivity index is 0.689. The second kappa shape index (κ2) is 22.1. The van der Waals surface area contributed by atoms with Gasteiger partial charge in [-0.15, -0.1) is 0 Å². The summed E-state index contributed by atoms with van der Waals surface area (Å²) in [5.41, 5.74) is 7.30. The van der Waals surface area contributed by atoms with Crippen LogP contribution in [0.4, 0.5) is 9.18 Å². The van der Waals surface area contributed by atoms with Crippen molar-refractivity contribution in [2.24, 2.45) is 0 Å². The predicted octanol–water partition coefficient (Wildman–Crippen LogP) is 3.69. The first-order valence-electron chi connectivity index (χ1n) is 25.6. The molecule has 2 aliphatic carbocycles. The van der Waals surface area contributed by atoms with E-state index < -0.39 is 78.3 Å². The zero-order chi connectivity index (χ0) is 54.0. The minimum Gasteiger partial charge on any atom is -0.458 e. The number of amides is 5. The number of cyclic esters (lactones) is 1. The van der Waals surface area contributed by atoms with E-state index in [1.54, 1.807) is 54.8 Å². The Bertz CT molecular complexity index is 3380. The lowest BCUT2D eigenvalue weighted by Gasteiger charge is -2.31. The van der Waals surface area contributed by atoms with Gasteiger partial charge in [0.15, 0.2) is 5.60 Å². The van der Waals surface area contributed by atoms with E-state index in [9.17, 15) is 38.7 Å². The van der Waals surface area contributed by atoms with Gasteiger partial charge in [0.05, 0.1) is 48.7 Å². The van der Waals surface area contributed by atoms with Crippen LogP contribution in [-0.4, -0.2) is 103 Å². The highest BCUT2D eigenvalue weighted by atomic mass is 19.1. The number of pyridine rings is 2. The molecule has 2 aromatic heterocycles. The van der Waals surface area contributed by atoms with Crippen LogP contribution in [0.5, 0.6) is 0 Å². The first-order chi connectivity index (χ1) is 37.2. The fraction of sp³-hybridized carbons (Fsp3) is 0.333. The van der Waals surface area contributed by atoms with Crippen molar-refractivity contribution >= 4 is 46.6 Å². The molecular formula is C57H57FN8O11. The molecule has 398 valence electrons. The molecule has 20 heteroatoms. The van der Waals surface area contributed by atoms with E-state index in [0.29, 0.717) is 41.9 Å². The van der Waals surface area contributed by atoms with Crippen LogP contribution in [0.1, 0.15) is 81.8 Å². The maximum Gasteiger partial charge on any atom is 0.407 e. The van der Waals surface area contributed by atoms with Gasteiger partial charge >= 0.3 is 12.1 Å². The van der Waals surface area contributed by atoms with Crippen LogP contribution in [-0.2, 0) is 69.8 Å². The number of fused-ring (bicyclic) bond motifs is 8. The van der Waals surface area contributed by atoms with Gasteiger partial charge in [0.2, 0.25) is 23.6 Å². The molecule has 77 heavy (non-hydrogen) atoms. The SMILES string of the molecule is CC[C@@]1(O)C(=O)OCc2c1cc1n(c2=O)Cc2c-1nc1cc(F)c(C)c3c1c2[C@@H](NCCOCNC(=O)CNC(=O)[C@H](Cc1ccccc1)NC(=O)CNC(=O)CNC(=O)OCC1c2ccccc2-c2ccccc21)CC3. The summed E-state index contributed by atoms with van der Waals surface area (Å²) in [5, 5.41) is 28.4. The molecule has 0 saturated carbocycles. The summed E-state index contributed by atoms with van der Waals surface area (Å²) >= 11 is 0. The number of esters is 1. The van der Waals surface area contributed by atoms with Gasteiger partial charge in [-0.1, -0.05) is 85.8 Å². The van der Waals surface area contributed by atoms with Crippen LogP contribution < -0.4 is 37.5 Å². The standard InChI is InChI=1S/C57H57FN8O11/c1-3-57(74)41-22-46-52-38(27-66(46)54(71)40(41)29-76-55(57)72)51-43(18-17-33-31(2)42(58)23-44(65-52)50(33)51)59-19-20-75-30-63-48(68)24-61-53(70)45(21-32-11-5-4-6-12-32)64-49(69)26-60-47(67)25-62-56(73)77-28-39-36-15-9-7-13-34(36)35-14-8-10-16-37(35)39/h4-16,22-23,39,43,45,59,74H,3,17-21,24-30H2,1-2H3,(H,60,67)(H,61,70)(H,62,73)(H,63,68)(H,64,69)/t43-,45-,57-/m0/s1. The second-order valence-electron chi connectivity index (χ2n) is 19.5. The molecule has 0 bridgehead atoms. The zero-order valence-electron chi connectivity index (χ0n) is 42.4. The van der Waals surface area contributed by atoms with Crippen LogP contribution in [0.3, 0.4) is 0 Å². The van der Waals surface area contributed by atoms with Gasteiger partial charge in [-0.25, -0.2) is 19.0 Å². The number of alkyl carbamates (subject to hydrolysis) is 1. The van der Waals surface area contributed by atoms with E-state index in [4.69, 9.17) is 19.2 Å². The molecule has 7 N–H and O–H groups in total. The molecule has 4 heterocycles. The Hall–Kier alpha value is -8.33. The van der Waals surface area contributed by atoms with Crippen molar-refractivity contribution < 1.29 is 52.5 Å². The monoisotopic (exact) mass is 1050 g/mol. The fourth-order valence-corrected chi connectivity index (χ4v) is 11.0. The van der Waals surface area contributed by atoms with E-state index in [0.717, 1.165) is 49.9 Å². The lowest BCUT2D eigenvalue weighted by molar-refractivity contribution is -0.172. The summed E-state index contributed by atoms with van der Waals surface area (Å²) in [6.45, 7) is 2.27.